The SMILES string of the molecule is Cc1ccc(C(=O)N[C@@H](C(=O)N2CCCC2)[C@@H](O)c2ccncc2)cc1Cl. The lowest BCUT2D eigenvalue weighted by molar-refractivity contribution is -0.135. The maximum Gasteiger partial charge on any atom is 0.252 e. The van der Waals surface area contributed by atoms with Crippen LogP contribution in [0.15, 0.2) is 42.7 Å². The van der Waals surface area contributed by atoms with Gasteiger partial charge in [0.25, 0.3) is 5.91 Å². The Labute approximate surface area is 163 Å². The van der Waals surface area contributed by atoms with Gasteiger partial charge in [0.1, 0.15) is 12.1 Å². The van der Waals surface area contributed by atoms with Gasteiger partial charge in [-0.05, 0) is 55.2 Å². The molecule has 0 radical (unpaired) electrons. The summed E-state index contributed by atoms with van der Waals surface area (Å²) in [5.74, 6) is -0.745. The van der Waals surface area contributed by atoms with E-state index in [0.29, 0.717) is 29.2 Å². The molecule has 2 aromatic rings. The largest absolute Gasteiger partial charge is 0.386 e. The summed E-state index contributed by atoms with van der Waals surface area (Å²) in [7, 11) is 0. The standard InChI is InChI=1S/C20H22ClN3O3/c1-13-4-5-15(12-16(13)21)19(26)23-17(20(27)24-10-2-3-11-24)18(25)14-6-8-22-9-7-14/h4-9,12,17-18,25H,2-3,10-11H2,1H3,(H,23,26)/t17-,18+/m1/s1. The molecule has 2 heterocycles. The van der Waals surface area contributed by atoms with Crippen LogP contribution in [0.1, 0.15) is 40.4 Å². The fraction of sp³-hybridized carbons (Fsp3) is 0.350. The number of halogens is 1. The van der Waals surface area contributed by atoms with Crippen molar-refractivity contribution in [3.63, 3.8) is 0 Å². The quantitative estimate of drug-likeness (QED) is 0.825. The fourth-order valence-electron chi connectivity index (χ4n) is 3.12. The summed E-state index contributed by atoms with van der Waals surface area (Å²) in [4.78, 5) is 31.3. The molecule has 1 aromatic heterocycles. The lowest BCUT2D eigenvalue weighted by atomic mass is 10.0. The van der Waals surface area contributed by atoms with Crippen molar-refractivity contribution in [1.29, 1.82) is 0 Å². The molecule has 6 nitrogen and oxygen atoms in total. The number of amides is 2. The molecule has 1 aliphatic heterocycles. The van der Waals surface area contributed by atoms with Gasteiger partial charge in [-0.1, -0.05) is 17.7 Å². The summed E-state index contributed by atoms with van der Waals surface area (Å²) < 4.78 is 0. The zero-order valence-corrected chi connectivity index (χ0v) is 15.8. The third-order valence-electron chi connectivity index (χ3n) is 4.77. The van der Waals surface area contributed by atoms with E-state index in [1.165, 1.54) is 12.4 Å². The lowest BCUT2D eigenvalue weighted by Gasteiger charge is -2.28. The highest BCUT2D eigenvalue weighted by atomic mass is 35.5. The second kappa shape index (κ2) is 8.50. The first-order valence-corrected chi connectivity index (χ1v) is 9.29. The van der Waals surface area contributed by atoms with E-state index in [-0.39, 0.29) is 5.91 Å². The highest BCUT2D eigenvalue weighted by Gasteiger charge is 2.34. The topological polar surface area (TPSA) is 82.5 Å². The van der Waals surface area contributed by atoms with Crippen LogP contribution in [0, 0.1) is 6.92 Å². The zero-order chi connectivity index (χ0) is 19.4. The predicted molar refractivity (Wildman–Crippen MR) is 102 cm³/mol. The van der Waals surface area contributed by atoms with Crippen LogP contribution >= 0.6 is 11.6 Å². The van der Waals surface area contributed by atoms with Gasteiger partial charge in [-0.25, -0.2) is 0 Å². The van der Waals surface area contributed by atoms with Crippen molar-refractivity contribution in [2.75, 3.05) is 13.1 Å². The number of nitrogens with one attached hydrogen (secondary N) is 1. The minimum atomic E-state index is -1.18. The number of carbonyl (C=O) groups excluding carboxylic acids is 2. The summed E-state index contributed by atoms with van der Waals surface area (Å²) in [5.41, 5.74) is 1.71. The summed E-state index contributed by atoms with van der Waals surface area (Å²) in [5, 5.41) is 14.0. The number of aliphatic hydroxyl groups excluding tert-OH is 1. The van der Waals surface area contributed by atoms with Crippen molar-refractivity contribution in [3.8, 4) is 0 Å². The van der Waals surface area contributed by atoms with E-state index in [9.17, 15) is 14.7 Å². The first-order valence-electron chi connectivity index (χ1n) is 8.91. The fourth-order valence-corrected chi connectivity index (χ4v) is 3.30. The van der Waals surface area contributed by atoms with E-state index in [2.05, 4.69) is 10.3 Å². The maximum absolute atomic E-state index is 13.0. The van der Waals surface area contributed by atoms with Crippen molar-refractivity contribution < 1.29 is 14.7 Å². The maximum atomic E-state index is 13.0. The predicted octanol–water partition coefficient (Wildman–Crippen LogP) is 2.50. The van der Waals surface area contributed by atoms with E-state index in [1.54, 1.807) is 35.2 Å². The van der Waals surface area contributed by atoms with E-state index in [1.807, 2.05) is 6.92 Å². The first kappa shape index (κ1) is 19.3. The number of aryl methyl sites for hydroxylation is 1. The van der Waals surface area contributed by atoms with Crippen molar-refractivity contribution in [2.45, 2.75) is 31.9 Å². The lowest BCUT2D eigenvalue weighted by Crippen LogP contribution is -2.51. The Morgan fingerprint density at radius 1 is 1.19 bits per heavy atom. The monoisotopic (exact) mass is 387 g/mol. The van der Waals surface area contributed by atoms with Crippen LogP contribution in [-0.2, 0) is 4.79 Å². The van der Waals surface area contributed by atoms with E-state index >= 15 is 0 Å². The second-order valence-corrected chi connectivity index (χ2v) is 7.08. The molecule has 0 bridgehead atoms. The number of likely N-dealkylation sites (tertiary alicyclic amines) is 1. The van der Waals surface area contributed by atoms with Crippen LogP contribution in [0.25, 0.3) is 0 Å². The second-order valence-electron chi connectivity index (χ2n) is 6.67. The number of aliphatic hydroxyl groups is 1. The van der Waals surface area contributed by atoms with E-state index in [0.717, 1.165) is 18.4 Å². The molecule has 27 heavy (non-hydrogen) atoms. The normalized spacial score (nSPS) is 16.0. The van der Waals surface area contributed by atoms with Gasteiger partial charge in [-0.3, -0.25) is 14.6 Å². The third kappa shape index (κ3) is 4.46. The van der Waals surface area contributed by atoms with Crippen LogP contribution in [0.4, 0.5) is 0 Å². The molecule has 0 unspecified atom stereocenters. The van der Waals surface area contributed by atoms with E-state index < -0.39 is 18.1 Å². The minimum Gasteiger partial charge on any atom is -0.386 e. The highest BCUT2D eigenvalue weighted by molar-refractivity contribution is 6.31. The number of pyridine rings is 1. The average molecular weight is 388 g/mol. The summed E-state index contributed by atoms with van der Waals surface area (Å²) >= 11 is 6.11. The molecule has 1 aliphatic rings. The van der Waals surface area contributed by atoms with Gasteiger partial charge in [0.05, 0.1) is 0 Å². The van der Waals surface area contributed by atoms with Crippen molar-refractivity contribution in [3.05, 3.63) is 64.4 Å². The molecule has 0 saturated carbocycles. The van der Waals surface area contributed by atoms with Crippen LogP contribution in [0.5, 0.6) is 0 Å². The molecule has 2 N–H and O–H groups in total. The highest BCUT2D eigenvalue weighted by Crippen LogP contribution is 2.21. The van der Waals surface area contributed by atoms with Crippen molar-refractivity contribution in [2.24, 2.45) is 0 Å². The van der Waals surface area contributed by atoms with Gasteiger partial charge in [-0.2, -0.15) is 0 Å². The number of hydrogen-bond acceptors (Lipinski definition) is 4. The Hall–Kier alpha value is -2.44. The summed E-state index contributed by atoms with van der Waals surface area (Å²) in [6.45, 7) is 3.10. The molecule has 2 atom stereocenters. The van der Waals surface area contributed by atoms with Crippen molar-refractivity contribution in [1.82, 2.24) is 15.2 Å². The minimum absolute atomic E-state index is 0.289. The van der Waals surface area contributed by atoms with Gasteiger partial charge in [0.15, 0.2) is 0 Å². The Morgan fingerprint density at radius 2 is 1.85 bits per heavy atom. The smallest absolute Gasteiger partial charge is 0.252 e. The summed E-state index contributed by atoms with van der Waals surface area (Å²) in [6.07, 6.45) is 3.75. The van der Waals surface area contributed by atoms with Crippen molar-refractivity contribution >= 4 is 23.4 Å². The number of carbonyl (C=O) groups is 2. The van der Waals surface area contributed by atoms with Gasteiger partial charge >= 0.3 is 0 Å². The van der Waals surface area contributed by atoms with Gasteiger partial charge in [0, 0.05) is 36.1 Å². The average Bonchev–Trinajstić information content (AvgIpc) is 3.22. The number of nitrogens with zero attached hydrogens (tertiary/aromatic N) is 2. The van der Waals surface area contributed by atoms with E-state index in [4.69, 9.17) is 11.6 Å². The number of benzene rings is 1. The molecular formula is C20H22ClN3O3. The Bertz CT molecular complexity index is 822. The molecule has 0 spiro atoms. The van der Waals surface area contributed by atoms with Gasteiger partial charge in [-0.15, -0.1) is 0 Å². The molecule has 2 amide bonds. The zero-order valence-electron chi connectivity index (χ0n) is 15.1. The number of hydrogen-bond donors (Lipinski definition) is 2. The van der Waals surface area contributed by atoms with Crippen LogP contribution in [0.2, 0.25) is 5.02 Å². The molecule has 142 valence electrons. The first-order chi connectivity index (χ1) is 13.0. The van der Waals surface area contributed by atoms with Crippen LogP contribution < -0.4 is 5.32 Å². The van der Waals surface area contributed by atoms with Crippen LogP contribution in [0.3, 0.4) is 0 Å². The summed E-state index contributed by atoms with van der Waals surface area (Å²) in [6, 6.07) is 7.12. The third-order valence-corrected chi connectivity index (χ3v) is 5.17. The molecule has 0 aliphatic carbocycles. The number of rotatable bonds is 5. The van der Waals surface area contributed by atoms with Gasteiger partial charge in [0.2, 0.25) is 5.91 Å². The molecule has 1 aromatic carbocycles. The molecule has 1 fully saturated rings. The van der Waals surface area contributed by atoms with Gasteiger partial charge < -0.3 is 15.3 Å². The van der Waals surface area contributed by atoms with Crippen LogP contribution in [-0.4, -0.2) is 45.9 Å². The molecule has 3 rings (SSSR count). The molecule has 1 saturated heterocycles. The molecular weight excluding hydrogens is 366 g/mol. The Balaban J connectivity index is 1.85. The Kier molecular flexibility index (Phi) is 6.08. The molecule has 7 heteroatoms. The number of aromatic nitrogens is 1. The Morgan fingerprint density at radius 3 is 2.48 bits per heavy atom.